The molecule has 234 valence electrons. The number of para-hydroxylation sites is 2. The van der Waals surface area contributed by atoms with E-state index < -0.39 is 0 Å². The second kappa shape index (κ2) is 10.4. The van der Waals surface area contributed by atoms with E-state index in [-0.39, 0.29) is 0 Å². The van der Waals surface area contributed by atoms with Crippen LogP contribution in [0.2, 0.25) is 0 Å². The summed E-state index contributed by atoms with van der Waals surface area (Å²) in [5.74, 6) is 0. The van der Waals surface area contributed by atoms with E-state index in [1.54, 1.807) is 0 Å². The fourth-order valence-electron chi connectivity index (χ4n) is 7.62. The minimum absolute atomic E-state index is 0.773. The minimum Gasteiger partial charge on any atom is -0.456 e. The first-order valence-corrected chi connectivity index (χ1v) is 16.8. The maximum atomic E-state index is 6.50. The lowest BCUT2D eigenvalue weighted by Crippen LogP contribution is -2.09. The van der Waals surface area contributed by atoms with E-state index in [1.807, 2.05) is 30.3 Å². The summed E-state index contributed by atoms with van der Waals surface area (Å²) in [4.78, 5) is 2.32. The monoisotopic (exact) mass is 641 g/mol. The molecule has 0 unspecified atom stereocenters. The quantitative estimate of drug-likeness (QED) is 0.192. The van der Waals surface area contributed by atoms with Crippen LogP contribution in [0.1, 0.15) is 0 Å². The fraction of sp³-hybridized carbons (Fsp3) is 0. The molecule has 0 spiro atoms. The summed E-state index contributed by atoms with van der Waals surface area (Å²) in [5, 5.41) is 8.88. The second-order valence-electron chi connectivity index (χ2n) is 12.9. The molecule has 0 amide bonds. The molecule has 0 saturated carbocycles. The maximum Gasteiger partial charge on any atom is 0.178 e. The SMILES string of the molecule is c1ccc2cc(N(c3ccc(-c4ccc5oc6ccccc6c5c4)cc3)c3ccc4oc5c(ccc6c7ccccc7oc65)c4c3)ccc2c1. The van der Waals surface area contributed by atoms with Gasteiger partial charge in [-0.05, 0) is 101 Å². The van der Waals surface area contributed by atoms with Crippen molar-refractivity contribution in [3.63, 3.8) is 0 Å². The molecule has 4 heteroatoms. The number of nitrogens with zero attached hydrogens (tertiary/aromatic N) is 1. The summed E-state index contributed by atoms with van der Waals surface area (Å²) >= 11 is 0. The smallest absolute Gasteiger partial charge is 0.178 e. The van der Waals surface area contributed by atoms with Crippen LogP contribution in [0.3, 0.4) is 0 Å². The van der Waals surface area contributed by atoms with Crippen molar-refractivity contribution < 1.29 is 13.3 Å². The molecule has 4 nitrogen and oxygen atoms in total. The third kappa shape index (κ3) is 4.06. The third-order valence-corrected chi connectivity index (χ3v) is 10.1. The molecular weight excluding hydrogens is 615 g/mol. The minimum atomic E-state index is 0.773. The van der Waals surface area contributed by atoms with Crippen molar-refractivity contribution in [2.45, 2.75) is 0 Å². The molecule has 3 aromatic heterocycles. The maximum absolute atomic E-state index is 6.50. The average molecular weight is 642 g/mol. The Morgan fingerprint density at radius 3 is 1.62 bits per heavy atom. The predicted molar refractivity (Wildman–Crippen MR) is 206 cm³/mol. The first-order valence-electron chi connectivity index (χ1n) is 16.8. The molecule has 0 aliphatic carbocycles. The molecule has 50 heavy (non-hydrogen) atoms. The molecule has 0 aliphatic heterocycles. The van der Waals surface area contributed by atoms with Crippen LogP contribution in [-0.2, 0) is 0 Å². The molecule has 0 atom stereocenters. The number of furan rings is 3. The molecule has 0 aliphatic rings. The Balaban J connectivity index is 1.06. The van der Waals surface area contributed by atoms with E-state index in [4.69, 9.17) is 13.3 Å². The van der Waals surface area contributed by atoms with E-state index in [1.165, 1.54) is 10.8 Å². The Hall–Kier alpha value is -6.78. The first kappa shape index (κ1) is 27.2. The number of hydrogen-bond acceptors (Lipinski definition) is 4. The van der Waals surface area contributed by atoms with E-state index >= 15 is 0 Å². The summed E-state index contributed by atoms with van der Waals surface area (Å²) < 4.78 is 18.9. The molecule has 11 rings (SSSR count). The van der Waals surface area contributed by atoms with E-state index in [2.05, 4.69) is 138 Å². The van der Waals surface area contributed by atoms with Crippen molar-refractivity contribution in [1.82, 2.24) is 0 Å². The number of benzene rings is 8. The lowest BCUT2D eigenvalue weighted by atomic mass is 10.0. The van der Waals surface area contributed by atoms with E-state index in [0.29, 0.717) is 0 Å². The van der Waals surface area contributed by atoms with Gasteiger partial charge in [-0.25, -0.2) is 0 Å². The second-order valence-corrected chi connectivity index (χ2v) is 12.9. The zero-order valence-corrected chi connectivity index (χ0v) is 26.8. The van der Waals surface area contributed by atoms with E-state index in [9.17, 15) is 0 Å². The van der Waals surface area contributed by atoms with Crippen LogP contribution in [-0.4, -0.2) is 0 Å². The van der Waals surface area contributed by atoms with Gasteiger partial charge in [0.1, 0.15) is 22.3 Å². The summed E-state index contributed by atoms with van der Waals surface area (Å²) in [6.07, 6.45) is 0. The Kier molecular flexibility index (Phi) is 5.63. The van der Waals surface area contributed by atoms with Crippen molar-refractivity contribution in [3.8, 4) is 11.1 Å². The van der Waals surface area contributed by atoms with Crippen molar-refractivity contribution in [2.75, 3.05) is 4.90 Å². The number of rotatable bonds is 4. The van der Waals surface area contributed by atoms with Gasteiger partial charge in [0.05, 0.1) is 0 Å². The standard InChI is InChI=1S/C46H27NO3/c1-2-8-30-25-33(19-15-28(30)7-1)47(32-17-13-29(14-18-32)31-16-23-43-39(26-31)36-10-4-5-11-41(36)48-43)34-20-24-44-40(27-34)38-22-21-37-35-9-3-6-12-42(35)49-45(37)46(38)50-44/h1-27H. The molecular formula is C46H27NO3. The van der Waals surface area contributed by atoms with Gasteiger partial charge >= 0.3 is 0 Å². The highest BCUT2D eigenvalue weighted by molar-refractivity contribution is 6.19. The van der Waals surface area contributed by atoms with Gasteiger partial charge in [0.2, 0.25) is 0 Å². The van der Waals surface area contributed by atoms with Crippen molar-refractivity contribution in [1.29, 1.82) is 0 Å². The number of fused-ring (bicyclic) bond motifs is 11. The Morgan fingerprint density at radius 2 is 0.820 bits per heavy atom. The van der Waals surface area contributed by atoms with Crippen molar-refractivity contribution in [2.24, 2.45) is 0 Å². The van der Waals surface area contributed by atoms with Crippen LogP contribution >= 0.6 is 0 Å². The van der Waals surface area contributed by atoms with Gasteiger partial charge < -0.3 is 18.2 Å². The molecule has 3 heterocycles. The number of hydrogen-bond donors (Lipinski definition) is 0. The third-order valence-electron chi connectivity index (χ3n) is 10.1. The van der Waals surface area contributed by atoms with Crippen LogP contribution in [0.5, 0.6) is 0 Å². The molecule has 0 saturated heterocycles. The van der Waals surface area contributed by atoms with E-state index in [0.717, 1.165) is 94.0 Å². The highest BCUT2D eigenvalue weighted by Gasteiger charge is 2.19. The normalized spacial score (nSPS) is 12.0. The molecule has 11 aromatic rings. The lowest BCUT2D eigenvalue weighted by Gasteiger charge is -2.26. The van der Waals surface area contributed by atoms with Gasteiger partial charge in [0, 0.05) is 49.4 Å². The van der Waals surface area contributed by atoms with Gasteiger partial charge in [-0.2, -0.15) is 0 Å². The van der Waals surface area contributed by atoms with Crippen LogP contribution < -0.4 is 4.90 Å². The highest BCUT2D eigenvalue weighted by atomic mass is 16.4. The number of anilines is 3. The Labute approximate surface area is 286 Å². The molecule has 0 bridgehead atoms. The zero-order chi connectivity index (χ0) is 32.8. The van der Waals surface area contributed by atoms with Gasteiger partial charge in [0.25, 0.3) is 0 Å². The Morgan fingerprint density at radius 1 is 0.300 bits per heavy atom. The summed E-state index contributed by atoms with van der Waals surface area (Å²) in [7, 11) is 0. The van der Waals surface area contributed by atoms with Crippen LogP contribution in [0.4, 0.5) is 17.1 Å². The van der Waals surface area contributed by atoms with Gasteiger partial charge in [-0.15, -0.1) is 0 Å². The zero-order valence-electron chi connectivity index (χ0n) is 26.8. The van der Waals surface area contributed by atoms with Crippen LogP contribution in [0.15, 0.2) is 177 Å². The first-order chi connectivity index (χ1) is 24.7. The summed E-state index contributed by atoms with van der Waals surface area (Å²) in [6.45, 7) is 0. The Bertz CT molecular complexity index is 3110. The summed E-state index contributed by atoms with van der Waals surface area (Å²) in [6, 6.07) is 57.5. The van der Waals surface area contributed by atoms with Crippen molar-refractivity contribution >= 4 is 93.7 Å². The van der Waals surface area contributed by atoms with Gasteiger partial charge in [0.15, 0.2) is 11.2 Å². The van der Waals surface area contributed by atoms with Gasteiger partial charge in [-0.1, -0.05) is 84.9 Å². The van der Waals surface area contributed by atoms with Gasteiger partial charge in [-0.3, -0.25) is 0 Å². The molecule has 8 aromatic carbocycles. The summed E-state index contributed by atoms with van der Waals surface area (Å²) in [5.41, 5.74) is 10.5. The van der Waals surface area contributed by atoms with Crippen LogP contribution in [0.25, 0.3) is 87.7 Å². The average Bonchev–Trinajstić information content (AvgIpc) is 3.86. The predicted octanol–water partition coefficient (Wildman–Crippen LogP) is 13.7. The largest absolute Gasteiger partial charge is 0.456 e. The molecule has 0 fully saturated rings. The lowest BCUT2D eigenvalue weighted by molar-refractivity contribution is 0.633. The molecule has 0 radical (unpaired) electrons. The topological polar surface area (TPSA) is 42.7 Å². The fourth-order valence-corrected chi connectivity index (χ4v) is 7.62. The molecule has 0 N–H and O–H groups in total. The van der Waals surface area contributed by atoms with Crippen molar-refractivity contribution in [3.05, 3.63) is 164 Å². The van der Waals surface area contributed by atoms with Crippen LogP contribution in [0, 0.1) is 0 Å². The highest BCUT2D eigenvalue weighted by Crippen LogP contribution is 2.43.